The first kappa shape index (κ1) is 13.8. The fourth-order valence-electron chi connectivity index (χ4n) is 1.36. The number of ether oxygens (including phenoxy) is 1. The third-order valence-corrected chi connectivity index (χ3v) is 2.23. The molecule has 0 saturated heterocycles. The van der Waals surface area contributed by atoms with E-state index in [1.165, 1.54) is 12.1 Å². The molecular weight excluding hydrogens is 228 g/mol. The molecular formula is C15H16O3. The average Bonchev–Trinajstić information content (AvgIpc) is 2.35. The third kappa shape index (κ3) is 3.94. The highest BCUT2D eigenvalue weighted by Crippen LogP contribution is 2.21. The maximum Gasteiger partial charge on any atom is 0.153 e. The number of aromatic hydroxyl groups is 1. The highest BCUT2D eigenvalue weighted by Gasteiger charge is 2.03. The summed E-state index contributed by atoms with van der Waals surface area (Å²) in [6, 6.07) is 4.52. The van der Waals surface area contributed by atoms with Crippen molar-refractivity contribution in [1.82, 2.24) is 0 Å². The summed E-state index contributed by atoms with van der Waals surface area (Å²) in [6.07, 6.45) is 4.14. The Hall–Kier alpha value is -2.29. The van der Waals surface area contributed by atoms with Gasteiger partial charge in [0.05, 0.1) is 5.56 Å². The smallest absolute Gasteiger partial charge is 0.153 e. The van der Waals surface area contributed by atoms with Gasteiger partial charge in [0.25, 0.3) is 0 Å². The van der Waals surface area contributed by atoms with Crippen LogP contribution in [0.5, 0.6) is 11.5 Å². The fourth-order valence-corrected chi connectivity index (χ4v) is 1.36. The van der Waals surface area contributed by atoms with Crippen LogP contribution >= 0.6 is 0 Å². The Balaban J connectivity index is 2.77. The molecule has 0 radical (unpaired) electrons. The lowest BCUT2D eigenvalue weighted by Gasteiger charge is -2.08. The van der Waals surface area contributed by atoms with E-state index in [1.54, 1.807) is 12.1 Å². The summed E-state index contributed by atoms with van der Waals surface area (Å²) in [5.41, 5.74) is 2.01. The van der Waals surface area contributed by atoms with Gasteiger partial charge in [0, 0.05) is 0 Å². The van der Waals surface area contributed by atoms with E-state index in [4.69, 9.17) is 4.74 Å². The van der Waals surface area contributed by atoms with Crippen molar-refractivity contribution < 1.29 is 14.6 Å². The zero-order valence-corrected chi connectivity index (χ0v) is 10.3. The van der Waals surface area contributed by atoms with Crippen LogP contribution in [0.1, 0.15) is 17.3 Å². The first-order chi connectivity index (χ1) is 8.56. The van der Waals surface area contributed by atoms with Gasteiger partial charge in [-0.15, -0.1) is 0 Å². The minimum absolute atomic E-state index is 0.0567. The van der Waals surface area contributed by atoms with Crippen LogP contribution in [0.4, 0.5) is 0 Å². The number of aldehydes is 1. The van der Waals surface area contributed by atoms with E-state index in [-0.39, 0.29) is 11.3 Å². The Kier molecular flexibility index (Phi) is 4.93. The molecule has 94 valence electrons. The van der Waals surface area contributed by atoms with Crippen LogP contribution in [0, 0.1) is 0 Å². The monoisotopic (exact) mass is 244 g/mol. The summed E-state index contributed by atoms with van der Waals surface area (Å²) in [5.74, 6) is 0.461. The van der Waals surface area contributed by atoms with Crippen molar-refractivity contribution in [3.05, 3.63) is 60.2 Å². The number of carbonyl (C=O) groups excluding carboxylic acids is 1. The zero-order chi connectivity index (χ0) is 13.5. The molecule has 0 bridgehead atoms. The lowest BCUT2D eigenvalue weighted by Crippen LogP contribution is -2.00. The Morgan fingerprint density at radius 1 is 1.50 bits per heavy atom. The Morgan fingerprint density at radius 2 is 2.22 bits per heavy atom. The number of allylic oxidation sites excluding steroid dienone is 2. The average molecular weight is 244 g/mol. The molecule has 0 amide bonds. The van der Waals surface area contributed by atoms with E-state index in [1.807, 2.05) is 13.0 Å². The molecule has 0 atom stereocenters. The predicted molar refractivity (Wildman–Crippen MR) is 72.1 cm³/mol. The molecule has 0 heterocycles. The maximum absolute atomic E-state index is 10.7. The van der Waals surface area contributed by atoms with E-state index in [2.05, 4.69) is 13.2 Å². The normalized spacial score (nSPS) is 10.8. The van der Waals surface area contributed by atoms with Gasteiger partial charge >= 0.3 is 0 Å². The van der Waals surface area contributed by atoms with Crippen molar-refractivity contribution in [1.29, 1.82) is 0 Å². The van der Waals surface area contributed by atoms with Crippen molar-refractivity contribution in [3.8, 4) is 11.5 Å². The third-order valence-electron chi connectivity index (χ3n) is 2.23. The standard InChI is InChI=1S/C15H16O3/c1-4-12(7-11(2)3)10-18-14-5-6-15(17)13(8-14)9-16/h4-9,17H,1-2,10H2,3H3/b12-7+. The molecule has 1 aromatic carbocycles. The van der Waals surface area contributed by atoms with Crippen LogP contribution in [0.2, 0.25) is 0 Å². The molecule has 0 aromatic heterocycles. The molecule has 0 unspecified atom stereocenters. The summed E-state index contributed by atoms with van der Waals surface area (Å²) < 4.78 is 5.51. The topological polar surface area (TPSA) is 46.5 Å². The molecule has 1 N–H and O–H groups in total. The van der Waals surface area contributed by atoms with Crippen molar-refractivity contribution in [2.75, 3.05) is 6.61 Å². The van der Waals surface area contributed by atoms with Gasteiger partial charge in [0.15, 0.2) is 6.29 Å². The molecule has 0 aliphatic rings. The highest BCUT2D eigenvalue weighted by atomic mass is 16.5. The summed E-state index contributed by atoms with van der Waals surface area (Å²) in [6.45, 7) is 9.68. The molecule has 0 spiro atoms. The molecule has 0 fully saturated rings. The number of phenolic OH excluding ortho intramolecular Hbond substituents is 1. The molecule has 0 aliphatic carbocycles. The second kappa shape index (κ2) is 6.45. The van der Waals surface area contributed by atoms with E-state index >= 15 is 0 Å². The van der Waals surface area contributed by atoms with E-state index in [0.717, 1.165) is 11.1 Å². The second-order valence-electron chi connectivity index (χ2n) is 3.90. The number of carbonyl (C=O) groups is 1. The largest absolute Gasteiger partial charge is 0.507 e. The molecule has 3 heteroatoms. The lowest BCUT2D eigenvalue weighted by atomic mass is 10.2. The Bertz CT molecular complexity index is 498. The van der Waals surface area contributed by atoms with Gasteiger partial charge < -0.3 is 9.84 Å². The maximum atomic E-state index is 10.7. The van der Waals surface area contributed by atoms with Gasteiger partial charge in [0.2, 0.25) is 0 Å². The molecule has 1 aromatic rings. The van der Waals surface area contributed by atoms with E-state index < -0.39 is 0 Å². The zero-order valence-electron chi connectivity index (χ0n) is 10.3. The van der Waals surface area contributed by atoms with Crippen molar-refractivity contribution in [2.45, 2.75) is 6.92 Å². The summed E-state index contributed by atoms with van der Waals surface area (Å²) in [7, 11) is 0. The number of phenols is 1. The van der Waals surface area contributed by atoms with Gasteiger partial charge in [0.1, 0.15) is 18.1 Å². The van der Waals surface area contributed by atoms with Crippen LogP contribution in [0.15, 0.2) is 54.7 Å². The fraction of sp³-hybridized carbons (Fsp3) is 0.133. The summed E-state index contributed by atoms with van der Waals surface area (Å²) in [4.78, 5) is 10.7. The second-order valence-corrected chi connectivity index (χ2v) is 3.90. The van der Waals surface area contributed by atoms with E-state index in [9.17, 15) is 9.90 Å². The summed E-state index contributed by atoms with van der Waals surface area (Å²) in [5, 5.41) is 9.35. The quantitative estimate of drug-likeness (QED) is 0.617. The van der Waals surface area contributed by atoms with Crippen LogP contribution in [-0.2, 0) is 0 Å². The molecule has 1 rings (SSSR count). The van der Waals surface area contributed by atoms with Crippen LogP contribution < -0.4 is 4.74 Å². The van der Waals surface area contributed by atoms with Crippen molar-refractivity contribution >= 4 is 6.29 Å². The van der Waals surface area contributed by atoms with Gasteiger partial charge in [-0.1, -0.05) is 30.9 Å². The Morgan fingerprint density at radius 3 is 2.78 bits per heavy atom. The van der Waals surface area contributed by atoms with Crippen LogP contribution in [-0.4, -0.2) is 18.0 Å². The van der Waals surface area contributed by atoms with Crippen molar-refractivity contribution in [2.24, 2.45) is 0 Å². The Labute approximate surface area is 107 Å². The summed E-state index contributed by atoms with van der Waals surface area (Å²) >= 11 is 0. The number of hydrogen-bond acceptors (Lipinski definition) is 3. The SMILES string of the molecule is C=C/C(=C\C(=C)C)COc1ccc(O)c(C=O)c1. The first-order valence-corrected chi connectivity index (χ1v) is 5.46. The van der Waals surface area contributed by atoms with Gasteiger partial charge in [-0.05, 0) is 30.7 Å². The van der Waals surface area contributed by atoms with Gasteiger partial charge in [-0.2, -0.15) is 0 Å². The molecule has 18 heavy (non-hydrogen) atoms. The van der Waals surface area contributed by atoms with Crippen molar-refractivity contribution in [3.63, 3.8) is 0 Å². The number of hydrogen-bond donors (Lipinski definition) is 1. The molecule has 0 saturated carbocycles. The molecule has 0 aliphatic heterocycles. The molecule has 3 nitrogen and oxygen atoms in total. The predicted octanol–water partition coefficient (Wildman–Crippen LogP) is 3.27. The highest BCUT2D eigenvalue weighted by molar-refractivity contribution is 5.79. The minimum Gasteiger partial charge on any atom is -0.507 e. The lowest BCUT2D eigenvalue weighted by molar-refractivity contribution is 0.112. The van der Waals surface area contributed by atoms with Gasteiger partial charge in [-0.3, -0.25) is 4.79 Å². The number of rotatable bonds is 6. The number of benzene rings is 1. The van der Waals surface area contributed by atoms with Crippen LogP contribution in [0.3, 0.4) is 0 Å². The minimum atomic E-state index is -0.0567. The van der Waals surface area contributed by atoms with Gasteiger partial charge in [-0.25, -0.2) is 0 Å². The first-order valence-electron chi connectivity index (χ1n) is 5.46. The van der Waals surface area contributed by atoms with Crippen LogP contribution in [0.25, 0.3) is 0 Å². The van der Waals surface area contributed by atoms with E-state index in [0.29, 0.717) is 18.6 Å².